The number of cyclic esters (lactones) is 1. The molecule has 1 atom stereocenters. The van der Waals surface area contributed by atoms with Crippen molar-refractivity contribution in [1.29, 1.82) is 0 Å². The van der Waals surface area contributed by atoms with Gasteiger partial charge in [-0.1, -0.05) is 18.9 Å². The summed E-state index contributed by atoms with van der Waals surface area (Å²) in [7, 11) is 3.34. The van der Waals surface area contributed by atoms with Crippen LogP contribution < -0.4 is 9.47 Å². The van der Waals surface area contributed by atoms with Crippen LogP contribution in [0.1, 0.15) is 63.4 Å². The van der Waals surface area contributed by atoms with E-state index in [1.165, 1.54) is 12.8 Å². The van der Waals surface area contributed by atoms with Crippen LogP contribution in [0.25, 0.3) is 0 Å². The highest BCUT2D eigenvalue weighted by Crippen LogP contribution is 2.47. The molecule has 3 aliphatic rings. The first-order valence-corrected chi connectivity index (χ1v) is 10.9. The Balaban J connectivity index is 1.60. The van der Waals surface area contributed by atoms with E-state index in [2.05, 4.69) is 6.07 Å². The molecule has 2 aliphatic heterocycles. The molecule has 1 unspecified atom stereocenters. The number of carbonyl (C=O) groups excluding carboxylic acids is 1. The molecule has 29 heavy (non-hydrogen) atoms. The van der Waals surface area contributed by atoms with Gasteiger partial charge in [0.1, 0.15) is 22.9 Å². The van der Waals surface area contributed by atoms with Gasteiger partial charge in [-0.25, -0.2) is 4.79 Å². The zero-order valence-corrected chi connectivity index (χ0v) is 17.6. The minimum Gasteiger partial charge on any atom is -0.497 e. The van der Waals surface area contributed by atoms with Gasteiger partial charge in [0.05, 0.1) is 26.4 Å². The van der Waals surface area contributed by atoms with Gasteiger partial charge < -0.3 is 18.9 Å². The number of benzene rings is 1. The SMILES string of the molecule is COc1ccc(CCC2(C3CCCC3)CC3=C(CCCCO3)C(=O)O2)c(OC)c1. The van der Waals surface area contributed by atoms with E-state index in [0.29, 0.717) is 12.5 Å². The van der Waals surface area contributed by atoms with Gasteiger partial charge in [0.15, 0.2) is 0 Å². The number of esters is 1. The van der Waals surface area contributed by atoms with Crippen LogP contribution in [0.2, 0.25) is 0 Å². The van der Waals surface area contributed by atoms with Gasteiger partial charge in [0.25, 0.3) is 0 Å². The summed E-state index contributed by atoms with van der Waals surface area (Å²) in [4.78, 5) is 13.0. The van der Waals surface area contributed by atoms with Crippen molar-refractivity contribution in [1.82, 2.24) is 0 Å². The Morgan fingerprint density at radius 3 is 2.69 bits per heavy atom. The van der Waals surface area contributed by atoms with Crippen molar-refractivity contribution in [2.45, 2.75) is 69.8 Å². The summed E-state index contributed by atoms with van der Waals surface area (Å²) in [5.74, 6) is 2.74. The first kappa shape index (κ1) is 20.1. The molecule has 0 N–H and O–H groups in total. The molecule has 1 aromatic carbocycles. The zero-order valence-electron chi connectivity index (χ0n) is 17.6. The fourth-order valence-corrected chi connectivity index (χ4v) is 5.18. The predicted molar refractivity (Wildman–Crippen MR) is 110 cm³/mol. The van der Waals surface area contributed by atoms with Crippen molar-refractivity contribution in [2.75, 3.05) is 20.8 Å². The van der Waals surface area contributed by atoms with Gasteiger partial charge in [-0.15, -0.1) is 0 Å². The average molecular weight is 401 g/mol. The fourth-order valence-electron chi connectivity index (χ4n) is 5.18. The first-order valence-electron chi connectivity index (χ1n) is 10.9. The number of rotatable bonds is 6. The van der Waals surface area contributed by atoms with Crippen LogP contribution >= 0.6 is 0 Å². The third kappa shape index (κ3) is 4.10. The van der Waals surface area contributed by atoms with Gasteiger partial charge in [0, 0.05) is 12.5 Å². The number of carbonyl (C=O) groups is 1. The lowest BCUT2D eigenvalue weighted by Gasteiger charge is -2.42. The summed E-state index contributed by atoms with van der Waals surface area (Å²) in [6, 6.07) is 5.93. The van der Waals surface area contributed by atoms with Crippen molar-refractivity contribution >= 4 is 5.97 Å². The lowest BCUT2D eigenvalue weighted by Crippen LogP contribution is -2.46. The lowest BCUT2D eigenvalue weighted by atomic mass is 9.76. The molecule has 1 aromatic rings. The largest absolute Gasteiger partial charge is 0.497 e. The average Bonchev–Trinajstić information content (AvgIpc) is 3.19. The van der Waals surface area contributed by atoms with E-state index >= 15 is 0 Å². The molecule has 2 heterocycles. The molecule has 0 amide bonds. The molecule has 0 saturated heterocycles. The highest BCUT2D eigenvalue weighted by molar-refractivity contribution is 5.90. The Kier molecular flexibility index (Phi) is 6.02. The summed E-state index contributed by atoms with van der Waals surface area (Å²) >= 11 is 0. The molecular formula is C24H32O5. The number of ether oxygens (including phenoxy) is 4. The molecule has 158 valence electrons. The van der Waals surface area contributed by atoms with E-state index in [9.17, 15) is 4.79 Å². The fraction of sp³-hybridized carbons (Fsp3) is 0.625. The van der Waals surface area contributed by atoms with E-state index in [0.717, 1.165) is 79.8 Å². The standard InChI is InChI=1S/C24H32O5/c1-26-19-11-10-17(21(15-19)27-2)12-13-24(18-7-3-4-8-18)16-22-20(23(25)29-24)9-5-6-14-28-22/h10-11,15,18H,3-9,12-14,16H2,1-2H3. The van der Waals surface area contributed by atoms with Gasteiger partial charge in [-0.2, -0.15) is 0 Å². The molecule has 0 bridgehead atoms. The Labute approximate surface area is 173 Å². The molecule has 5 heteroatoms. The van der Waals surface area contributed by atoms with Crippen LogP contribution in [-0.2, 0) is 20.7 Å². The van der Waals surface area contributed by atoms with Crippen LogP contribution in [0.5, 0.6) is 11.5 Å². The second-order valence-corrected chi connectivity index (χ2v) is 8.50. The molecule has 0 radical (unpaired) electrons. The molecule has 1 fully saturated rings. The van der Waals surface area contributed by atoms with Crippen molar-refractivity contribution in [3.05, 3.63) is 35.1 Å². The van der Waals surface area contributed by atoms with E-state index in [4.69, 9.17) is 18.9 Å². The lowest BCUT2D eigenvalue weighted by molar-refractivity contribution is -0.168. The Morgan fingerprint density at radius 1 is 1.10 bits per heavy atom. The van der Waals surface area contributed by atoms with Crippen LogP contribution in [0.4, 0.5) is 0 Å². The monoisotopic (exact) mass is 400 g/mol. The zero-order chi connectivity index (χ0) is 20.3. The molecule has 4 rings (SSSR count). The van der Waals surface area contributed by atoms with Crippen molar-refractivity contribution in [2.24, 2.45) is 5.92 Å². The maximum atomic E-state index is 13.0. The molecule has 0 spiro atoms. The number of methoxy groups -OCH3 is 2. The molecule has 5 nitrogen and oxygen atoms in total. The molecule has 1 saturated carbocycles. The quantitative estimate of drug-likeness (QED) is 0.631. The summed E-state index contributed by atoms with van der Waals surface area (Å²) in [5, 5.41) is 0. The van der Waals surface area contributed by atoms with Gasteiger partial charge in [-0.05, 0) is 62.5 Å². The summed E-state index contributed by atoms with van der Waals surface area (Å²) < 4.78 is 23.2. The topological polar surface area (TPSA) is 54.0 Å². The van der Waals surface area contributed by atoms with E-state index < -0.39 is 5.60 Å². The summed E-state index contributed by atoms with van der Waals surface area (Å²) in [6.45, 7) is 0.708. The minimum absolute atomic E-state index is 0.151. The predicted octanol–water partition coefficient (Wildman–Crippen LogP) is 4.97. The van der Waals surface area contributed by atoms with E-state index in [-0.39, 0.29) is 5.97 Å². The number of aryl methyl sites for hydroxylation is 1. The van der Waals surface area contributed by atoms with Crippen LogP contribution in [0.15, 0.2) is 29.5 Å². The van der Waals surface area contributed by atoms with E-state index in [1.54, 1.807) is 14.2 Å². The highest BCUT2D eigenvalue weighted by Gasteiger charge is 2.48. The van der Waals surface area contributed by atoms with Crippen LogP contribution in [0, 0.1) is 5.92 Å². The summed E-state index contributed by atoms with van der Waals surface area (Å²) in [6.07, 6.45) is 9.73. The van der Waals surface area contributed by atoms with Crippen LogP contribution in [0.3, 0.4) is 0 Å². The van der Waals surface area contributed by atoms with Crippen molar-refractivity contribution < 1.29 is 23.7 Å². The highest BCUT2D eigenvalue weighted by atomic mass is 16.6. The number of hydrogen-bond donors (Lipinski definition) is 0. The van der Waals surface area contributed by atoms with Crippen molar-refractivity contribution in [3.8, 4) is 11.5 Å². The number of hydrogen-bond acceptors (Lipinski definition) is 5. The van der Waals surface area contributed by atoms with Crippen molar-refractivity contribution in [3.63, 3.8) is 0 Å². The first-order chi connectivity index (χ1) is 14.1. The second-order valence-electron chi connectivity index (χ2n) is 8.50. The maximum absolute atomic E-state index is 13.0. The Bertz CT molecular complexity index is 777. The van der Waals surface area contributed by atoms with E-state index in [1.807, 2.05) is 12.1 Å². The molecular weight excluding hydrogens is 368 g/mol. The Morgan fingerprint density at radius 2 is 1.93 bits per heavy atom. The normalized spacial score (nSPS) is 25.1. The third-order valence-electron chi connectivity index (χ3n) is 6.85. The molecule has 1 aliphatic carbocycles. The second kappa shape index (κ2) is 8.68. The van der Waals surface area contributed by atoms with Gasteiger partial charge in [0.2, 0.25) is 0 Å². The van der Waals surface area contributed by atoms with Crippen LogP contribution in [-0.4, -0.2) is 32.4 Å². The summed E-state index contributed by atoms with van der Waals surface area (Å²) in [5.41, 5.74) is 1.42. The molecule has 0 aromatic heterocycles. The van der Waals surface area contributed by atoms with Gasteiger partial charge >= 0.3 is 5.97 Å². The maximum Gasteiger partial charge on any atom is 0.337 e. The third-order valence-corrected chi connectivity index (χ3v) is 6.85. The Hall–Kier alpha value is -2.17. The smallest absolute Gasteiger partial charge is 0.337 e. The van der Waals surface area contributed by atoms with Gasteiger partial charge in [-0.3, -0.25) is 0 Å². The minimum atomic E-state index is -0.471.